The Morgan fingerprint density at radius 2 is 1.70 bits per heavy atom. The molecule has 248 valence electrons. The van der Waals surface area contributed by atoms with Crippen LogP contribution in [0.15, 0.2) is 93.2 Å². The lowest BCUT2D eigenvalue weighted by molar-refractivity contribution is -0.668. The van der Waals surface area contributed by atoms with E-state index in [0.29, 0.717) is 25.9 Å². The number of thiophene rings is 1. The summed E-state index contributed by atoms with van der Waals surface area (Å²) in [4.78, 5) is 4.44. The maximum atomic E-state index is 11.6. The number of nitrogens with zero attached hydrogens (tertiary/aromatic N) is 2. The summed E-state index contributed by atoms with van der Waals surface area (Å²) in [7, 11) is -8.12. The smallest absolute Gasteiger partial charge is 0.265 e. The van der Waals surface area contributed by atoms with Gasteiger partial charge in [0.2, 0.25) is 5.52 Å². The fourth-order valence-corrected chi connectivity index (χ4v) is 10.3. The second kappa shape index (κ2) is 13.6. The summed E-state index contributed by atoms with van der Waals surface area (Å²) in [6.45, 7) is 5.42. The fourth-order valence-electron chi connectivity index (χ4n) is 6.25. The van der Waals surface area contributed by atoms with Gasteiger partial charge in [-0.2, -0.15) is 21.4 Å². The van der Waals surface area contributed by atoms with E-state index in [4.69, 9.17) is 0 Å². The highest BCUT2D eigenvalue weighted by Gasteiger charge is 2.30. The minimum absolute atomic E-state index is 0.0162. The Morgan fingerprint density at radius 1 is 0.936 bits per heavy atom. The van der Waals surface area contributed by atoms with Gasteiger partial charge in [-0.3, -0.25) is 9.11 Å². The highest BCUT2D eigenvalue weighted by molar-refractivity contribution is 8.03. The number of rotatable bonds is 11. The molecule has 0 saturated carbocycles. The molecule has 2 aliphatic rings. The fraction of sp³-hybridized carbons (Fsp3) is 0.324. The van der Waals surface area contributed by atoms with E-state index in [1.807, 2.05) is 24.3 Å². The lowest BCUT2D eigenvalue weighted by atomic mass is 9.75. The molecule has 6 rings (SSSR count). The lowest BCUT2D eigenvalue weighted by Crippen LogP contribution is -2.36. The molecule has 0 saturated heterocycles. The molecular formula is C34H37N2O6S5+. The molecule has 2 N–H and O–H groups in total. The van der Waals surface area contributed by atoms with E-state index in [1.54, 1.807) is 34.4 Å². The minimum atomic E-state index is -4.07. The summed E-state index contributed by atoms with van der Waals surface area (Å²) < 4.78 is 67.9. The highest BCUT2D eigenvalue weighted by atomic mass is 32.2. The number of allylic oxidation sites excluding steroid dienone is 4. The molecule has 2 aromatic heterocycles. The molecule has 2 aromatic carbocycles. The Morgan fingerprint density at radius 3 is 2.45 bits per heavy atom. The molecule has 0 bridgehead atoms. The molecule has 3 heterocycles. The van der Waals surface area contributed by atoms with Crippen molar-refractivity contribution in [1.82, 2.24) is 0 Å². The molecule has 47 heavy (non-hydrogen) atoms. The molecule has 4 aromatic rings. The van der Waals surface area contributed by atoms with Crippen LogP contribution in [-0.2, 0) is 26.8 Å². The van der Waals surface area contributed by atoms with Gasteiger partial charge < -0.3 is 4.90 Å². The zero-order valence-corrected chi connectivity index (χ0v) is 30.2. The van der Waals surface area contributed by atoms with Crippen LogP contribution in [-0.4, -0.2) is 44.0 Å². The molecule has 0 radical (unpaired) electrons. The summed E-state index contributed by atoms with van der Waals surface area (Å²) >= 11 is 5.01. The maximum absolute atomic E-state index is 11.6. The third kappa shape index (κ3) is 8.63. The van der Waals surface area contributed by atoms with Gasteiger partial charge >= 0.3 is 0 Å². The third-order valence-corrected chi connectivity index (χ3v) is 12.8. The molecular weight excluding hydrogens is 693 g/mol. The van der Waals surface area contributed by atoms with E-state index in [0.717, 1.165) is 54.1 Å². The summed E-state index contributed by atoms with van der Waals surface area (Å²) in [6, 6.07) is 18.6. The van der Waals surface area contributed by atoms with Crippen molar-refractivity contribution < 1.29 is 30.5 Å². The van der Waals surface area contributed by atoms with Crippen LogP contribution < -0.4 is 9.47 Å². The molecule has 8 nitrogen and oxygen atoms in total. The number of thiazole rings is 1. The first-order chi connectivity index (χ1) is 22.2. The summed E-state index contributed by atoms with van der Waals surface area (Å²) in [5, 5.41) is 4.09. The van der Waals surface area contributed by atoms with Gasteiger partial charge in [-0.1, -0.05) is 67.3 Å². The Kier molecular flexibility index (Phi) is 9.88. The number of anilines is 1. The van der Waals surface area contributed by atoms with Gasteiger partial charge in [0.25, 0.3) is 25.2 Å². The molecule has 0 fully saturated rings. The van der Waals surface area contributed by atoms with Crippen molar-refractivity contribution in [2.45, 2.75) is 51.0 Å². The van der Waals surface area contributed by atoms with Crippen molar-refractivity contribution in [2.24, 2.45) is 5.41 Å². The van der Waals surface area contributed by atoms with Crippen LogP contribution in [0.25, 0.3) is 26.7 Å². The largest absolute Gasteiger partial charge is 0.335 e. The van der Waals surface area contributed by atoms with Crippen LogP contribution in [0.3, 0.4) is 0 Å². The number of fused-ring (bicyclic) bond motifs is 2. The first kappa shape index (κ1) is 34.1. The van der Waals surface area contributed by atoms with Crippen molar-refractivity contribution in [1.29, 1.82) is 0 Å². The van der Waals surface area contributed by atoms with Crippen molar-refractivity contribution in [3.63, 3.8) is 0 Å². The van der Waals surface area contributed by atoms with Crippen LogP contribution >= 0.6 is 34.4 Å². The van der Waals surface area contributed by atoms with Gasteiger partial charge in [0.1, 0.15) is 4.70 Å². The van der Waals surface area contributed by atoms with Crippen molar-refractivity contribution in [3.05, 3.63) is 93.3 Å². The van der Waals surface area contributed by atoms with E-state index in [-0.39, 0.29) is 16.9 Å². The topological polar surface area (TPSA) is 116 Å². The summed E-state index contributed by atoms with van der Waals surface area (Å²) in [5.74, 6) is -0.593. The average molecular weight is 730 g/mol. The molecule has 0 atom stereocenters. The van der Waals surface area contributed by atoms with Gasteiger partial charge in [0, 0.05) is 34.9 Å². The van der Waals surface area contributed by atoms with Crippen molar-refractivity contribution in [3.8, 4) is 10.4 Å². The second-order valence-electron chi connectivity index (χ2n) is 12.7. The van der Waals surface area contributed by atoms with E-state index < -0.39 is 20.2 Å². The number of thioether (sulfide) groups is 1. The normalized spacial score (nSPS) is 18.3. The molecule has 0 unspecified atom stereocenters. The van der Waals surface area contributed by atoms with Crippen LogP contribution in [0.4, 0.5) is 5.69 Å². The van der Waals surface area contributed by atoms with Gasteiger partial charge in [-0.05, 0) is 77.1 Å². The number of hydrogen-bond acceptors (Lipinski definition) is 8. The van der Waals surface area contributed by atoms with E-state index in [9.17, 15) is 25.9 Å². The second-order valence-corrected chi connectivity index (χ2v) is 18.9. The molecule has 0 spiro atoms. The zero-order chi connectivity index (χ0) is 33.4. The molecule has 13 heteroatoms. The lowest BCUT2D eigenvalue weighted by Gasteiger charge is -2.31. The number of benzene rings is 2. The Balaban J connectivity index is 1.35. The Bertz CT molecular complexity index is 2110. The Hall–Kier alpha value is -2.78. The van der Waals surface area contributed by atoms with Gasteiger partial charge in [0.05, 0.1) is 22.2 Å². The van der Waals surface area contributed by atoms with Crippen LogP contribution in [0.1, 0.15) is 44.5 Å². The maximum Gasteiger partial charge on any atom is 0.265 e. The van der Waals surface area contributed by atoms with Gasteiger partial charge in [-0.15, -0.1) is 11.3 Å². The quantitative estimate of drug-likeness (QED) is 0.118. The first-order valence-electron chi connectivity index (χ1n) is 15.3. The van der Waals surface area contributed by atoms with Crippen LogP contribution in [0.5, 0.6) is 0 Å². The number of aromatic nitrogens is 1. The number of para-hydroxylation sites is 1. The standard InChI is InChI=1S/C34H36N2O6S5/c1-34(2)22-24(19-32-35(13-6-16-46(37,38)39)27-8-3-4-9-30(27)44-32)18-25(23-34)20-33-36(14-7-17-47(40,41)42)28-21-26(11-12-31(28)45-33)29-10-5-15-43-29/h3-5,8-12,15,18-21H,6-7,13-14,16-17,22-23H2,1-2H3,(H-,37,38,39,40,41,42)/p+1. The van der Waals surface area contributed by atoms with Gasteiger partial charge in [-0.25, -0.2) is 0 Å². The van der Waals surface area contributed by atoms with E-state index >= 15 is 0 Å². The molecule has 1 aliphatic carbocycles. The first-order valence-corrected chi connectivity index (χ1v) is 21.0. The summed E-state index contributed by atoms with van der Waals surface area (Å²) in [6.07, 6.45) is 8.98. The number of aryl methyl sites for hydroxylation is 1. The van der Waals surface area contributed by atoms with Crippen LogP contribution in [0.2, 0.25) is 0 Å². The Labute approximate surface area is 288 Å². The predicted molar refractivity (Wildman–Crippen MR) is 194 cm³/mol. The van der Waals surface area contributed by atoms with E-state index in [1.165, 1.54) is 11.1 Å². The average Bonchev–Trinajstić information content (AvgIpc) is 3.70. The zero-order valence-electron chi connectivity index (χ0n) is 26.1. The van der Waals surface area contributed by atoms with E-state index in [2.05, 4.69) is 77.3 Å². The number of hydrogen-bond donors (Lipinski definition) is 2. The predicted octanol–water partition coefficient (Wildman–Crippen LogP) is 8.06. The highest BCUT2D eigenvalue weighted by Crippen LogP contribution is 2.49. The monoisotopic (exact) mass is 729 g/mol. The van der Waals surface area contributed by atoms with Crippen LogP contribution in [0, 0.1) is 5.41 Å². The van der Waals surface area contributed by atoms with Crippen molar-refractivity contribution in [2.75, 3.05) is 23.0 Å². The molecule has 1 aliphatic heterocycles. The van der Waals surface area contributed by atoms with Gasteiger partial charge in [0.15, 0.2) is 6.54 Å². The minimum Gasteiger partial charge on any atom is -0.335 e. The summed E-state index contributed by atoms with van der Waals surface area (Å²) in [5.41, 5.74) is 5.49. The third-order valence-electron chi connectivity index (χ3n) is 8.09. The van der Waals surface area contributed by atoms with Crippen molar-refractivity contribution >= 4 is 76.7 Å². The molecule has 0 amide bonds. The SMILES string of the molecule is CC1(C)CC(/C=C2\Sc3ccc(-c4cccs4)cc3N2CCCS(=O)(=O)O)=CC(=C/c2sc3ccccc3[n+]2CCCS(=O)(=O)O)/C1.